The minimum absolute atomic E-state index is 0.0106. The Labute approximate surface area is 202 Å². The van der Waals surface area contributed by atoms with Crippen LogP contribution < -0.4 is 15.4 Å². The van der Waals surface area contributed by atoms with Gasteiger partial charge in [0, 0.05) is 30.8 Å². The Hall–Kier alpha value is -5.13. The number of para-hydroxylation sites is 1. The van der Waals surface area contributed by atoms with Gasteiger partial charge in [0.25, 0.3) is 17.5 Å². The zero-order valence-electron chi connectivity index (χ0n) is 18.6. The van der Waals surface area contributed by atoms with Crippen molar-refractivity contribution in [1.29, 1.82) is 0 Å². The Bertz CT molecular complexity index is 1550. The average molecular weight is 486 g/mol. The van der Waals surface area contributed by atoms with Crippen LogP contribution in [0.3, 0.4) is 0 Å². The molecule has 2 aromatic heterocycles. The summed E-state index contributed by atoms with van der Waals surface area (Å²) in [6.07, 6.45) is 2.91. The van der Waals surface area contributed by atoms with Gasteiger partial charge in [-0.05, 0) is 23.8 Å². The number of ketones is 1. The van der Waals surface area contributed by atoms with E-state index in [0.717, 1.165) is 11.1 Å². The van der Waals surface area contributed by atoms with Gasteiger partial charge in [0.15, 0.2) is 11.5 Å². The second-order valence-corrected chi connectivity index (χ2v) is 8.01. The number of ether oxygens (including phenoxy) is 1. The van der Waals surface area contributed by atoms with E-state index in [9.17, 15) is 24.5 Å². The first-order chi connectivity index (χ1) is 17.4. The molecule has 0 saturated heterocycles. The van der Waals surface area contributed by atoms with E-state index in [1.165, 1.54) is 36.8 Å². The van der Waals surface area contributed by atoms with Crippen LogP contribution in [0, 0.1) is 10.1 Å². The maximum Gasteiger partial charge on any atom is 0.282 e. The fraction of sp³-hybridized carbons (Fsp3) is 0.125. The molecule has 0 saturated carbocycles. The number of nitro benzene ring substituents is 1. The molecule has 3 heterocycles. The van der Waals surface area contributed by atoms with E-state index in [4.69, 9.17) is 4.74 Å². The third kappa shape index (κ3) is 4.34. The number of Topliss-reactive ketones (excluding diaryl/α,β-unsaturated/α-hetero) is 1. The molecule has 0 atom stereocenters. The van der Waals surface area contributed by atoms with Crippen molar-refractivity contribution in [3.8, 4) is 5.75 Å². The number of anilines is 1. The average Bonchev–Trinajstić information content (AvgIpc) is 3.29. The summed E-state index contributed by atoms with van der Waals surface area (Å²) >= 11 is 0. The van der Waals surface area contributed by atoms with Gasteiger partial charge >= 0.3 is 0 Å². The maximum atomic E-state index is 12.9. The summed E-state index contributed by atoms with van der Waals surface area (Å²) < 4.78 is 5.39. The van der Waals surface area contributed by atoms with E-state index in [1.807, 2.05) is 6.07 Å². The number of rotatable bonds is 6. The summed E-state index contributed by atoms with van der Waals surface area (Å²) in [4.78, 5) is 58.9. The Morgan fingerprint density at radius 3 is 2.81 bits per heavy atom. The molecule has 1 aliphatic rings. The van der Waals surface area contributed by atoms with E-state index >= 15 is 0 Å². The van der Waals surface area contributed by atoms with Crippen molar-refractivity contribution in [2.75, 3.05) is 11.9 Å². The van der Waals surface area contributed by atoms with Gasteiger partial charge in [0.1, 0.15) is 29.8 Å². The Morgan fingerprint density at radius 2 is 1.97 bits per heavy atom. The number of nitrogens with one attached hydrogen (secondary N) is 3. The molecule has 2 amide bonds. The van der Waals surface area contributed by atoms with E-state index in [2.05, 4.69) is 25.6 Å². The first kappa shape index (κ1) is 22.7. The zero-order valence-corrected chi connectivity index (χ0v) is 18.6. The SMILES string of the molecule is O=C1COc2ccc(CNC(=O)c3ncnc4c(NC(=O)c5ccccc5[N+](=O)[O-])c[nH]c34)cc2C1. The van der Waals surface area contributed by atoms with Crippen LogP contribution in [0.4, 0.5) is 11.4 Å². The number of carbonyl (C=O) groups is 3. The fourth-order valence-corrected chi connectivity index (χ4v) is 3.93. The number of H-pyrrole nitrogens is 1. The lowest BCUT2D eigenvalue weighted by molar-refractivity contribution is -0.385. The molecule has 1 aliphatic heterocycles. The number of carbonyl (C=O) groups excluding carboxylic acids is 3. The monoisotopic (exact) mass is 486 g/mol. The Morgan fingerprint density at radius 1 is 1.14 bits per heavy atom. The van der Waals surface area contributed by atoms with E-state index in [0.29, 0.717) is 5.75 Å². The van der Waals surface area contributed by atoms with Crippen molar-refractivity contribution in [2.45, 2.75) is 13.0 Å². The minimum Gasteiger partial charge on any atom is -0.486 e. The van der Waals surface area contributed by atoms with Crippen molar-refractivity contribution >= 4 is 40.0 Å². The number of hydrogen-bond donors (Lipinski definition) is 3. The number of amides is 2. The van der Waals surface area contributed by atoms with Gasteiger partial charge in [-0.3, -0.25) is 24.5 Å². The number of nitrogens with zero attached hydrogens (tertiary/aromatic N) is 3. The summed E-state index contributed by atoms with van der Waals surface area (Å²) in [6, 6.07) is 11.0. The largest absolute Gasteiger partial charge is 0.486 e. The van der Waals surface area contributed by atoms with E-state index in [1.54, 1.807) is 12.1 Å². The number of fused-ring (bicyclic) bond motifs is 2. The molecule has 3 N–H and O–H groups in total. The molecule has 0 radical (unpaired) electrons. The van der Waals surface area contributed by atoms with Gasteiger partial charge in [0.05, 0.1) is 16.1 Å². The van der Waals surface area contributed by atoms with Crippen LogP contribution in [0.1, 0.15) is 32.0 Å². The van der Waals surface area contributed by atoms with Gasteiger partial charge in [-0.1, -0.05) is 18.2 Å². The summed E-state index contributed by atoms with van der Waals surface area (Å²) in [5.41, 5.74) is 1.97. The number of benzene rings is 2. The lowest BCUT2D eigenvalue weighted by atomic mass is 10.0. The molecule has 0 spiro atoms. The minimum atomic E-state index is -0.692. The molecule has 2 aromatic carbocycles. The summed E-state index contributed by atoms with van der Waals surface area (Å²) in [5, 5.41) is 16.6. The maximum absolute atomic E-state index is 12.9. The molecular formula is C24H18N6O6. The first-order valence-corrected chi connectivity index (χ1v) is 10.8. The molecule has 5 rings (SSSR count). The lowest BCUT2D eigenvalue weighted by Crippen LogP contribution is -2.25. The van der Waals surface area contributed by atoms with Gasteiger partial charge in [-0.25, -0.2) is 9.97 Å². The molecular weight excluding hydrogens is 468 g/mol. The smallest absolute Gasteiger partial charge is 0.282 e. The normalized spacial score (nSPS) is 12.5. The Kier molecular flexibility index (Phi) is 5.82. The lowest BCUT2D eigenvalue weighted by Gasteiger charge is -2.17. The molecule has 12 nitrogen and oxygen atoms in total. The highest BCUT2D eigenvalue weighted by Gasteiger charge is 2.22. The predicted molar refractivity (Wildman–Crippen MR) is 127 cm³/mol. The third-order valence-electron chi connectivity index (χ3n) is 5.63. The second-order valence-electron chi connectivity index (χ2n) is 8.01. The molecule has 0 fully saturated rings. The third-order valence-corrected chi connectivity index (χ3v) is 5.63. The first-order valence-electron chi connectivity index (χ1n) is 10.8. The highest BCUT2D eigenvalue weighted by molar-refractivity contribution is 6.12. The molecule has 0 bridgehead atoms. The molecule has 180 valence electrons. The quantitative estimate of drug-likeness (QED) is 0.276. The fourth-order valence-electron chi connectivity index (χ4n) is 3.93. The second kappa shape index (κ2) is 9.25. The molecule has 0 aliphatic carbocycles. The van der Waals surface area contributed by atoms with Crippen LogP contribution in [0.2, 0.25) is 0 Å². The van der Waals surface area contributed by atoms with Crippen molar-refractivity contribution in [3.05, 3.63) is 87.5 Å². The molecule has 12 heteroatoms. The van der Waals surface area contributed by atoms with Crippen molar-refractivity contribution in [2.24, 2.45) is 0 Å². The molecule has 0 unspecified atom stereocenters. The predicted octanol–water partition coefficient (Wildman–Crippen LogP) is 2.55. The number of aromatic amines is 1. The number of hydrogen-bond acceptors (Lipinski definition) is 8. The van der Waals surface area contributed by atoms with E-state index in [-0.39, 0.29) is 59.0 Å². The van der Waals surface area contributed by atoms with Crippen LogP contribution in [0.15, 0.2) is 55.0 Å². The van der Waals surface area contributed by atoms with Crippen molar-refractivity contribution < 1.29 is 24.0 Å². The van der Waals surface area contributed by atoms with E-state index < -0.39 is 16.7 Å². The van der Waals surface area contributed by atoms with Crippen LogP contribution in [-0.4, -0.2) is 44.1 Å². The van der Waals surface area contributed by atoms with Crippen LogP contribution in [0.25, 0.3) is 11.0 Å². The van der Waals surface area contributed by atoms with Crippen LogP contribution in [0.5, 0.6) is 5.75 Å². The molecule has 4 aromatic rings. The van der Waals surface area contributed by atoms with Crippen molar-refractivity contribution in [3.63, 3.8) is 0 Å². The van der Waals surface area contributed by atoms with Gasteiger partial charge < -0.3 is 20.4 Å². The summed E-state index contributed by atoms with van der Waals surface area (Å²) in [6.45, 7) is 0.251. The van der Waals surface area contributed by atoms with Gasteiger partial charge in [-0.2, -0.15) is 0 Å². The summed E-state index contributed by atoms with van der Waals surface area (Å²) in [5.74, 6) is -0.527. The van der Waals surface area contributed by atoms with Gasteiger partial charge in [-0.15, -0.1) is 0 Å². The van der Waals surface area contributed by atoms with Crippen LogP contribution >= 0.6 is 0 Å². The number of nitro groups is 1. The standard InChI is InChI=1S/C24H18N6O6/c31-15-8-14-7-13(5-6-19(14)36-11-15)9-26-24(33)22-21-20(27-12-28-22)17(10-25-21)29-23(32)16-3-1-2-4-18(16)30(34)35/h1-7,10,12,25H,8-9,11H2,(H,26,33)(H,29,32). The zero-order chi connectivity index (χ0) is 25.2. The highest BCUT2D eigenvalue weighted by atomic mass is 16.6. The Balaban J connectivity index is 1.33. The molecule has 36 heavy (non-hydrogen) atoms. The topological polar surface area (TPSA) is 169 Å². The van der Waals surface area contributed by atoms with Crippen molar-refractivity contribution in [1.82, 2.24) is 20.3 Å². The van der Waals surface area contributed by atoms with Crippen LogP contribution in [-0.2, 0) is 17.8 Å². The summed E-state index contributed by atoms with van der Waals surface area (Å²) in [7, 11) is 0. The van der Waals surface area contributed by atoms with Gasteiger partial charge in [0.2, 0.25) is 0 Å². The number of aromatic nitrogens is 3. The highest BCUT2D eigenvalue weighted by Crippen LogP contribution is 2.26.